The Labute approximate surface area is 217 Å². The summed E-state index contributed by atoms with van der Waals surface area (Å²) in [5, 5.41) is 7.31. The topological polar surface area (TPSA) is 114 Å². The fraction of sp³-hybridized carbons (Fsp3) is 0.346. The maximum Gasteiger partial charge on any atom is 0.143 e. The molecule has 186 valence electrons. The van der Waals surface area contributed by atoms with Crippen molar-refractivity contribution in [2.75, 3.05) is 18.8 Å². The third kappa shape index (κ3) is 7.10. The maximum atomic E-state index is 6.80. The van der Waals surface area contributed by atoms with Crippen molar-refractivity contribution in [3.8, 4) is 0 Å². The number of aliphatic imine (C=N–C) groups is 2. The number of nitrogens with one attached hydrogen (secondary N) is 2. The Kier molecular flexibility index (Phi) is 9.77. The second-order valence-electron chi connectivity index (χ2n) is 8.68. The van der Waals surface area contributed by atoms with Gasteiger partial charge in [0, 0.05) is 42.6 Å². The van der Waals surface area contributed by atoms with Crippen LogP contribution in [0.1, 0.15) is 32.6 Å². The number of nitrogen functional groups attached to an aromatic ring is 1. The molecule has 0 bridgehead atoms. The predicted molar refractivity (Wildman–Crippen MR) is 151 cm³/mol. The van der Waals surface area contributed by atoms with Gasteiger partial charge in [0.05, 0.1) is 15.6 Å². The van der Waals surface area contributed by atoms with E-state index in [1.165, 1.54) is 11.8 Å². The Morgan fingerprint density at radius 3 is 2.91 bits per heavy atom. The lowest BCUT2D eigenvalue weighted by Gasteiger charge is -2.39. The Morgan fingerprint density at radius 2 is 2.11 bits per heavy atom. The summed E-state index contributed by atoms with van der Waals surface area (Å²) < 4.78 is 0. The predicted octanol–water partition coefficient (Wildman–Crippen LogP) is 4.96. The van der Waals surface area contributed by atoms with Gasteiger partial charge in [-0.2, -0.15) is 0 Å². The molecule has 0 amide bonds. The largest absolute Gasteiger partial charge is 0.390 e. The van der Waals surface area contributed by atoms with Crippen molar-refractivity contribution in [3.05, 3.63) is 76.7 Å². The van der Waals surface area contributed by atoms with Gasteiger partial charge in [0.25, 0.3) is 0 Å². The van der Waals surface area contributed by atoms with Crippen molar-refractivity contribution in [2.24, 2.45) is 21.1 Å². The number of nitrogens with two attached hydrogens (primary N) is 2. The normalized spacial score (nSPS) is 28.4. The third-order valence-electron chi connectivity index (χ3n) is 6.29. The van der Waals surface area contributed by atoms with Gasteiger partial charge in [-0.15, -0.1) is 0 Å². The number of amidine groups is 1. The second-order valence-corrected chi connectivity index (χ2v) is 10.1. The van der Waals surface area contributed by atoms with Crippen LogP contribution in [-0.4, -0.2) is 36.7 Å². The molecule has 2 atom stereocenters. The molecule has 6 N–H and O–H groups in total. The molecular weight excluding hydrogens is 478 g/mol. The molecule has 1 aliphatic carbocycles. The van der Waals surface area contributed by atoms with Crippen molar-refractivity contribution < 1.29 is 0 Å². The average Bonchev–Trinajstić information content (AvgIpc) is 2.87. The number of halogens is 1. The molecule has 0 fully saturated rings. The minimum atomic E-state index is -0.120. The van der Waals surface area contributed by atoms with E-state index in [0.29, 0.717) is 17.4 Å². The molecule has 1 aliphatic heterocycles. The average molecular weight is 512 g/mol. The highest BCUT2D eigenvalue weighted by molar-refractivity contribution is 8.04. The molecule has 1 aromatic heterocycles. The van der Waals surface area contributed by atoms with E-state index in [-0.39, 0.29) is 17.3 Å². The van der Waals surface area contributed by atoms with Crippen LogP contribution >= 0.6 is 23.4 Å². The van der Waals surface area contributed by atoms with Crippen LogP contribution in [0.3, 0.4) is 0 Å². The van der Waals surface area contributed by atoms with Crippen molar-refractivity contribution in [1.29, 1.82) is 0 Å². The third-order valence-corrected chi connectivity index (χ3v) is 8.05. The number of pyridine rings is 1. The number of hydrogen-bond donors (Lipinski definition) is 4. The molecule has 0 aromatic carbocycles. The van der Waals surface area contributed by atoms with Gasteiger partial charge in [-0.1, -0.05) is 59.8 Å². The van der Waals surface area contributed by atoms with E-state index in [1.807, 2.05) is 25.3 Å². The number of hydrogen-bond acceptors (Lipinski definition) is 8. The first-order valence-electron chi connectivity index (χ1n) is 11.6. The SMILES string of the molecule is C=N\C(C)=C(Sc1ccnc(N)c1Cl)/C1=N/C=C\NCCC2(CCN1)CC(=C)/C=C\C=C/CC2N. The van der Waals surface area contributed by atoms with Crippen LogP contribution in [0.4, 0.5) is 5.82 Å². The minimum absolute atomic E-state index is 0.00341. The standard InChI is InChI=1S/C26H34ClN7S/c1-18-7-5-4-6-8-21(28)26(17-18)10-13-31-15-16-34-25(33-14-11-26)23(19(2)30-3)35-20-9-12-32-24(29)22(20)27/h4-7,9,12,15-16,21,31H,1,3,8,10-11,13-14,17,28H2,2H3,(H2,29,32)(H,33,34)/b6-4-,7-5-,16-15-,23-19+. The molecule has 0 radical (unpaired) electrons. The van der Waals surface area contributed by atoms with Crippen molar-refractivity contribution in [2.45, 2.75) is 43.5 Å². The molecule has 0 saturated heterocycles. The molecule has 9 heteroatoms. The van der Waals surface area contributed by atoms with E-state index < -0.39 is 0 Å². The van der Waals surface area contributed by atoms with Gasteiger partial charge in [-0.25, -0.2) is 9.98 Å². The highest BCUT2D eigenvalue weighted by atomic mass is 35.5. The van der Waals surface area contributed by atoms with E-state index in [0.717, 1.165) is 53.3 Å². The van der Waals surface area contributed by atoms with Gasteiger partial charge in [0.2, 0.25) is 0 Å². The van der Waals surface area contributed by atoms with E-state index >= 15 is 0 Å². The van der Waals surface area contributed by atoms with Crippen LogP contribution in [0.25, 0.3) is 0 Å². The molecule has 3 rings (SSSR count). The Morgan fingerprint density at radius 1 is 1.31 bits per heavy atom. The van der Waals surface area contributed by atoms with Gasteiger partial charge >= 0.3 is 0 Å². The summed E-state index contributed by atoms with van der Waals surface area (Å²) in [6, 6.07) is 1.82. The molecule has 7 nitrogen and oxygen atoms in total. The number of allylic oxidation sites excluding steroid dienone is 5. The van der Waals surface area contributed by atoms with Gasteiger partial charge in [-0.3, -0.25) is 4.99 Å². The van der Waals surface area contributed by atoms with Crippen LogP contribution in [-0.2, 0) is 0 Å². The molecule has 35 heavy (non-hydrogen) atoms. The fourth-order valence-electron chi connectivity index (χ4n) is 4.24. The maximum absolute atomic E-state index is 6.80. The van der Waals surface area contributed by atoms with Crippen molar-refractivity contribution >= 4 is 41.7 Å². The smallest absolute Gasteiger partial charge is 0.143 e. The van der Waals surface area contributed by atoms with Crippen molar-refractivity contribution in [3.63, 3.8) is 0 Å². The van der Waals surface area contributed by atoms with Gasteiger partial charge < -0.3 is 22.1 Å². The first kappa shape index (κ1) is 26.8. The van der Waals surface area contributed by atoms with Crippen LogP contribution < -0.4 is 22.1 Å². The summed E-state index contributed by atoms with van der Waals surface area (Å²) in [5.41, 5.74) is 14.4. The lowest BCUT2D eigenvalue weighted by molar-refractivity contribution is 0.186. The van der Waals surface area contributed by atoms with Gasteiger partial charge in [0.1, 0.15) is 11.7 Å². The summed E-state index contributed by atoms with van der Waals surface area (Å²) in [6.45, 7) is 11.4. The number of aromatic nitrogens is 1. The van der Waals surface area contributed by atoms with E-state index in [2.05, 4.69) is 52.1 Å². The fourth-order valence-corrected chi connectivity index (χ4v) is 5.44. The molecule has 2 unspecified atom stereocenters. The molecule has 1 aromatic rings. The zero-order valence-electron chi connectivity index (χ0n) is 20.1. The first-order chi connectivity index (χ1) is 16.9. The molecule has 2 heterocycles. The Hall–Kier alpha value is -2.81. The quantitative estimate of drug-likeness (QED) is 0.335. The Bertz CT molecular complexity index is 1090. The molecule has 1 spiro atoms. The Balaban J connectivity index is 1.91. The van der Waals surface area contributed by atoms with Crippen LogP contribution in [0, 0.1) is 5.41 Å². The van der Waals surface area contributed by atoms with Crippen LogP contribution in [0.15, 0.2) is 86.6 Å². The minimum Gasteiger partial charge on any atom is -0.390 e. The summed E-state index contributed by atoms with van der Waals surface area (Å²) in [6.07, 6.45) is 17.0. The zero-order chi connectivity index (χ0) is 25.3. The number of rotatable bonds is 4. The highest BCUT2D eigenvalue weighted by Gasteiger charge is 2.36. The molecule has 0 saturated carbocycles. The van der Waals surface area contributed by atoms with E-state index in [1.54, 1.807) is 12.4 Å². The van der Waals surface area contributed by atoms with E-state index in [9.17, 15) is 0 Å². The first-order valence-corrected chi connectivity index (χ1v) is 12.8. The number of anilines is 1. The number of thioether (sulfide) groups is 1. The van der Waals surface area contributed by atoms with Crippen LogP contribution in [0.5, 0.6) is 0 Å². The second kappa shape index (κ2) is 12.8. The lowest BCUT2D eigenvalue weighted by atomic mass is 9.69. The summed E-state index contributed by atoms with van der Waals surface area (Å²) in [4.78, 5) is 14.5. The summed E-state index contributed by atoms with van der Waals surface area (Å²) >= 11 is 7.85. The highest BCUT2D eigenvalue weighted by Crippen LogP contribution is 2.40. The summed E-state index contributed by atoms with van der Waals surface area (Å²) in [5.74, 6) is 0.956. The van der Waals surface area contributed by atoms with Crippen molar-refractivity contribution in [1.82, 2.24) is 15.6 Å². The molecular formula is C26H34ClN7S. The van der Waals surface area contributed by atoms with Crippen LogP contribution in [0.2, 0.25) is 5.02 Å². The van der Waals surface area contributed by atoms with Gasteiger partial charge in [0.15, 0.2) is 0 Å². The van der Waals surface area contributed by atoms with E-state index in [4.69, 9.17) is 28.1 Å². The lowest BCUT2D eigenvalue weighted by Crippen LogP contribution is -2.45. The number of nitrogens with zero attached hydrogens (tertiary/aromatic N) is 3. The zero-order valence-corrected chi connectivity index (χ0v) is 21.7. The van der Waals surface area contributed by atoms with Gasteiger partial charge in [-0.05, 0) is 50.8 Å². The summed E-state index contributed by atoms with van der Waals surface area (Å²) in [7, 11) is 0. The molecule has 2 aliphatic rings. The monoisotopic (exact) mass is 511 g/mol.